The molecule has 5 nitrogen and oxygen atoms in total. The molecule has 1 fully saturated rings. The first-order valence-electron chi connectivity index (χ1n) is 6.12. The Hall–Kier alpha value is -0.920. The molecule has 0 unspecified atom stereocenters. The molecule has 0 saturated heterocycles. The van der Waals surface area contributed by atoms with E-state index in [1.807, 2.05) is 0 Å². The van der Waals surface area contributed by atoms with E-state index in [1.165, 1.54) is 24.4 Å². The Labute approximate surface area is 114 Å². The highest BCUT2D eigenvalue weighted by Crippen LogP contribution is 2.32. The van der Waals surface area contributed by atoms with Gasteiger partial charge >= 0.3 is 0 Å². The molecule has 0 radical (unpaired) electrons. The van der Waals surface area contributed by atoms with Gasteiger partial charge in [-0.05, 0) is 30.3 Å². The molecule has 18 heavy (non-hydrogen) atoms. The highest BCUT2D eigenvalue weighted by atomic mass is 32.1. The van der Waals surface area contributed by atoms with E-state index in [9.17, 15) is 0 Å². The van der Waals surface area contributed by atoms with Gasteiger partial charge in [0.1, 0.15) is 9.88 Å². The third-order valence-electron chi connectivity index (χ3n) is 2.84. The van der Waals surface area contributed by atoms with E-state index in [0.29, 0.717) is 12.0 Å². The van der Waals surface area contributed by atoms with E-state index in [0.717, 1.165) is 27.1 Å². The van der Waals surface area contributed by atoms with Crippen molar-refractivity contribution in [1.29, 1.82) is 0 Å². The molecule has 1 saturated carbocycles. The largest absolute Gasteiger partial charge is 0.308 e. The van der Waals surface area contributed by atoms with Gasteiger partial charge in [0.15, 0.2) is 5.01 Å². The minimum absolute atomic E-state index is 0.371. The van der Waals surface area contributed by atoms with Gasteiger partial charge in [0.05, 0.1) is 5.69 Å². The van der Waals surface area contributed by atoms with E-state index in [1.54, 1.807) is 11.3 Å². The van der Waals surface area contributed by atoms with Crippen LogP contribution in [0.15, 0.2) is 0 Å². The Kier molecular flexibility index (Phi) is 3.36. The Bertz CT molecular complexity index is 529. The monoisotopic (exact) mass is 281 g/mol. The SMILES string of the molecule is CC(C)c1nnsc1-c1nnc(CNC2CC2)s1. The van der Waals surface area contributed by atoms with Crippen molar-refractivity contribution in [1.82, 2.24) is 25.1 Å². The molecule has 0 atom stereocenters. The zero-order valence-corrected chi connectivity index (χ0v) is 12.0. The quantitative estimate of drug-likeness (QED) is 0.912. The molecule has 3 rings (SSSR count). The smallest absolute Gasteiger partial charge is 0.161 e. The molecule has 2 heterocycles. The van der Waals surface area contributed by atoms with E-state index in [2.05, 4.69) is 38.9 Å². The molecule has 1 aliphatic carbocycles. The third kappa shape index (κ3) is 2.57. The second-order valence-electron chi connectivity index (χ2n) is 4.80. The number of hydrogen-bond acceptors (Lipinski definition) is 7. The van der Waals surface area contributed by atoms with Crippen molar-refractivity contribution >= 4 is 22.9 Å². The van der Waals surface area contributed by atoms with Crippen LogP contribution in [0.1, 0.15) is 43.3 Å². The minimum atomic E-state index is 0.371. The van der Waals surface area contributed by atoms with Crippen LogP contribution in [0.4, 0.5) is 0 Å². The molecule has 96 valence electrons. The van der Waals surface area contributed by atoms with Crippen LogP contribution in [-0.4, -0.2) is 25.8 Å². The number of nitrogens with one attached hydrogen (secondary N) is 1. The molecule has 7 heteroatoms. The molecular weight excluding hydrogens is 266 g/mol. The average Bonchev–Trinajstić information content (AvgIpc) is 2.88. The maximum atomic E-state index is 4.26. The van der Waals surface area contributed by atoms with Gasteiger partial charge < -0.3 is 5.32 Å². The van der Waals surface area contributed by atoms with Crippen LogP contribution >= 0.6 is 22.9 Å². The first-order valence-corrected chi connectivity index (χ1v) is 7.71. The topological polar surface area (TPSA) is 63.6 Å². The van der Waals surface area contributed by atoms with Crippen LogP contribution in [0.25, 0.3) is 9.88 Å². The molecule has 1 N–H and O–H groups in total. The second-order valence-corrected chi connectivity index (χ2v) is 6.61. The summed E-state index contributed by atoms with van der Waals surface area (Å²) in [6, 6.07) is 0.702. The molecular formula is C11H15N5S2. The summed E-state index contributed by atoms with van der Waals surface area (Å²) >= 11 is 3.05. The number of rotatable bonds is 5. The molecule has 0 bridgehead atoms. The van der Waals surface area contributed by atoms with Crippen LogP contribution in [0.5, 0.6) is 0 Å². The van der Waals surface area contributed by atoms with Crippen molar-refractivity contribution in [3.63, 3.8) is 0 Å². The fourth-order valence-electron chi connectivity index (χ4n) is 1.66. The Morgan fingerprint density at radius 3 is 2.83 bits per heavy atom. The zero-order valence-electron chi connectivity index (χ0n) is 10.4. The predicted octanol–water partition coefficient (Wildman–Crippen LogP) is 2.43. The maximum Gasteiger partial charge on any atom is 0.161 e. The van der Waals surface area contributed by atoms with Crippen LogP contribution in [0, 0.1) is 0 Å². The van der Waals surface area contributed by atoms with Crippen molar-refractivity contribution in [3.05, 3.63) is 10.7 Å². The normalized spacial score (nSPS) is 15.5. The molecule has 2 aromatic rings. The van der Waals surface area contributed by atoms with Gasteiger partial charge in [-0.15, -0.1) is 15.3 Å². The Morgan fingerprint density at radius 1 is 1.28 bits per heavy atom. The van der Waals surface area contributed by atoms with Crippen molar-refractivity contribution < 1.29 is 0 Å². The molecule has 0 aliphatic heterocycles. The summed E-state index contributed by atoms with van der Waals surface area (Å²) in [6.07, 6.45) is 2.59. The fourth-order valence-corrected chi connectivity index (χ4v) is 3.34. The van der Waals surface area contributed by atoms with Gasteiger partial charge in [-0.3, -0.25) is 0 Å². The summed E-state index contributed by atoms with van der Waals surface area (Å²) in [5.41, 5.74) is 1.03. The summed E-state index contributed by atoms with van der Waals surface area (Å²) in [5, 5.41) is 18.1. The van der Waals surface area contributed by atoms with Crippen molar-refractivity contribution in [2.24, 2.45) is 0 Å². The van der Waals surface area contributed by atoms with Gasteiger partial charge in [0.2, 0.25) is 0 Å². The fraction of sp³-hybridized carbons (Fsp3) is 0.636. The van der Waals surface area contributed by atoms with E-state index in [4.69, 9.17) is 0 Å². The molecule has 1 aliphatic rings. The van der Waals surface area contributed by atoms with Gasteiger partial charge in [-0.2, -0.15) is 0 Å². The summed E-state index contributed by atoms with van der Waals surface area (Å²) < 4.78 is 4.03. The lowest BCUT2D eigenvalue weighted by atomic mass is 10.1. The summed E-state index contributed by atoms with van der Waals surface area (Å²) in [7, 11) is 0. The highest BCUT2D eigenvalue weighted by Gasteiger charge is 2.21. The van der Waals surface area contributed by atoms with Gasteiger partial charge in [-0.1, -0.05) is 29.7 Å². The Balaban J connectivity index is 1.76. The molecule has 2 aromatic heterocycles. The van der Waals surface area contributed by atoms with Crippen molar-refractivity contribution in [2.45, 2.75) is 45.2 Å². The first-order chi connectivity index (χ1) is 8.74. The highest BCUT2D eigenvalue weighted by molar-refractivity contribution is 7.19. The third-order valence-corrected chi connectivity index (χ3v) is 4.66. The lowest BCUT2D eigenvalue weighted by Gasteiger charge is -1.99. The summed E-state index contributed by atoms with van der Waals surface area (Å²) in [5.74, 6) is 0.371. The summed E-state index contributed by atoms with van der Waals surface area (Å²) in [6.45, 7) is 5.07. The zero-order chi connectivity index (χ0) is 12.5. The number of nitrogens with zero attached hydrogens (tertiary/aromatic N) is 4. The van der Waals surface area contributed by atoms with Crippen LogP contribution < -0.4 is 5.32 Å². The van der Waals surface area contributed by atoms with E-state index < -0.39 is 0 Å². The second kappa shape index (κ2) is 4.99. The van der Waals surface area contributed by atoms with Crippen LogP contribution in [0.2, 0.25) is 0 Å². The van der Waals surface area contributed by atoms with E-state index >= 15 is 0 Å². The predicted molar refractivity (Wildman–Crippen MR) is 72.8 cm³/mol. The first kappa shape index (κ1) is 12.1. The minimum Gasteiger partial charge on any atom is -0.308 e. The van der Waals surface area contributed by atoms with Crippen molar-refractivity contribution in [2.75, 3.05) is 0 Å². The standard InChI is InChI=1S/C11H15N5S2/c1-6(2)9-10(18-16-14-9)11-15-13-8(17-11)5-12-7-3-4-7/h6-7,12H,3-5H2,1-2H3. The molecule has 0 spiro atoms. The average molecular weight is 281 g/mol. The number of aromatic nitrogens is 4. The van der Waals surface area contributed by atoms with Gasteiger partial charge in [0, 0.05) is 12.6 Å². The van der Waals surface area contributed by atoms with Crippen LogP contribution in [-0.2, 0) is 6.54 Å². The van der Waals surface area contributed by atoms with Crippen molar-refractivity contribution in [3.8, 4) is 9.88 Å². The molecule has 0 amide bonds. The van der Waals surface area contributed by atoms with Gasteiger partial charge in [-0.25, -0.2) is 0 Å². The van der Waals surface area contributed by atoms with E-state index in [-0.39, 0.29) is 0 Å². The Morgan fingerprint density at radius 2 is 2.11 bits per heavy atom. The lowest BCUT2D eigenvalue weighted by molar-refractivity contribution is 0.679. The lowest BCUT2D eigenvalue weighted by Crippen LogP contribution is -2.14. The van der Waals surface area contributed by atoms with Gasteiger partial charge in [0.25, 0.3) is 0 Å². The summed E-state index contributed by atoms with van der Waals surface area (Å²) in [4.78, 5) is 1.07. The maximum absolute atomic E-state index is 4.26. The number of hydrogen-bond donors (Lipinski definition) is 1. The molecule has 0 aromatic carbocycles. The van der Waals surface area contributed by atoms with Crippen LogP contribution in [0.3, 0.4) is 0 Å².